The van der Waals surface area contributed by atoms with Gasteiger partial charge < -0.3 is 5.32 Å². The lowest BCUT2D eigenvalue weighted by atomic mass is 10.1. The highest BCUT2D eigenvalue weighted by Crippen LogP contribution is 2.26. The maximum absolute atomic E-state index is 12.9. The SMILES string of the molecule is FC(F)C(F)(F)CNc1ncnc2c1CCCCC2. The fraction of sp³-hybridized carbons (Fsp3) is 0.667. The Morgan fingerprint density at radius 1 is 1.16 bits per heavy atom. The molecule has 0 aromatic carbocycles. The van der Waals surface area contributed by atoms with E-state index in [1.165, 1.54) is 6.33 Å². The topological polar surface area (TPSA) is 37.8 Å². The fourth-order valence-electron chi connectivity index (χ4n) is 2.13. The zero-order valence-corrected chi connectivity index (χ0v) is 10.3. The van der Waals surface area contributed by atoms with Gasteiger partial charge in [-0.3, -0.25) is 0 Å². The van der Waals surface area contributed by atoms with E-state index < -0.39 is 18.9 Å². The Bertz CT molecular complexity index is 437. The number of anilines is 1. The molecule has 3 nitrogen and oxygen atoms in total. The van der Waals surface area contributed by atoms with Crippen molar-refractivity contribution in [2.24, 2.45) is 0 Å². The standard InChI is InChI=1S/C12H15F4N3/c13-11(14)12(15,16)6-17-10-8-4-2-1-3-5-9(8)18-7-19-10/h7,11H,1-6H2,(H,17,18,19). The van der Waals surface area contributed by atoms with Crippen LogP contribution in [-0.2, 0) is 12.8 Å². The predicted molar refractivity (Wildman–Crippen MR) is 62.7 cm³/mol. The van der Waals surface area contributed by atoms with Crippen molar-refractivity contribution in [3.05, 3.63) is 17.6 Å². The Hall–Kier alpha value is -1.40. The minimum Gasteiger partial charge on any atom is -0.363 e. The van der Waals surface area contributed by atoms with E-state index in [9.17, 15) is 17.6 Å². The lowest BCUT2D eigenvalue weighted by molar-refractivity contribution is -0.117. The van der Waals surface area contributed by atoms with Gasteiger partial charge in [-0.15, -0.1) is 0 Å². The molecule has 1 aromatic heterocycles. The second-order valence-electron chi connectivity index (χ2n) is 4.62. The van der Waals surface area contributed by atoms with Crippen LogP contribution in [0.1, 0.15) is 30.5 Å². The molecule has 1 aliphatic rings. The van der Waals surface area contributed by atoms with Gasteiger partial charge in [0.15, 0.2) is 0 Å². The Labute approximate surface area is 108 Å². The maximum Gasteiger partial charge on any atom is 0.324 e. The highest BCUT2D eigenvalue weighted by molar-refractivity contribution is 5.46. The Balaban J connectivity index is 2.13. The zero-order chi connectivity index (χ0) is 13.9. The van der Waals surface area contributed by atoms with Crippen LogP contribution < -0.4 is 5.32 Å². The number of hydrogen-bond donors (Lipinski definition) is 1. The van der Waals surface area contributed by atoms with Gasteiger partial charge in [0.1, 0.15) is 12.1 Å². The highest BCUT2D eigenvalue weighted by Gasteiger charge is 2.40. The Morgan fingerprint density at radius 3 is 2.63 bits per heavy atom. The van der Waals surface area contributed by atoms with Crippen LogP contribution in [0.25, 0.3) is 0 Å². The van der Waals surface area contributed by atoms with Gasteiger partial charge in [0.05, 0.1) is 6.54 Å². The van der Waals surface area contributed by atoms with Crippen LogP contribution in [-0.4, -0.2) is 28.9 Å². The molecule has 0 spiro atoms. The summed E-state index contributed by atoms with van der Waals surface area (Å²) in [5.41, 5.74) is 1.61. The van der Waals surface area contributed by atoms with Gasteiger partial charge in [-0.2, -0.15) is 8.78 Å². The van der Waals surface area contributed by atoms with E-state index in [4.69, 9.17) is 0 Å². The summed E-state index contributed by atoms with van der Waals surface area (Å²) in [6.45, 7) is -1.12. The fourth-order valence-corrected chi connectivity index (χ4v) is 2.13. The van der Waals surface area contributed by atoms with Crippen molar-refractivity contribution < 1.29 is 17.6 Å². The van der Waals surface area contributed by atoms with Crippen LogP contribution in [0.3, 0.4) is 0 Å². The average Bonchev–Trinajstić information content (AvgIpc) is 2.61. The van der Waals surface area contributed by atoms with Crippen LogP contribution in [0.2, 0.25) is 0 Å². The zero-order valence-electron chi connectivity index (χ0n) is 10.3. The van der Waals surface area contributed by atoms with E-state index in [-0.39, 0.29) is 5.82 Å². The van der Waals surface area contributed by atoms with Crippen LogP contribution in [0, 0.1) is 0 Å². The summed E-state index contributed by atoms with van der Waals surface area (Å²) in [6, 6.07) is 0. The smallest absolute Gasteiger partial charge is 0.324 e. The van der Waals surface area contributed by atoms with Gasteiger partial charge >= 0.3 is 12.3 Å². The first-order chi connectivity index (χ1) is 9.00. The molecule has 0 unspecified atom stereocenters. The molecule has 2 rings (SSSR count). The molecule has 7 heteroatoms. The van der Waals surface area contributed by atoms with Crippen LogP contribution in [0.4, 0.5) is 23.4 Å². The number of alkyl halides is 4. The first-order valence-corrected chi connectivity index (χ1v) is 6.23. The lowest BCUT2D eigenvalue weighted by Gasteiger charge is -2.18. The number of rotatable bonds is 4. The molecule has 0 atom stereocenters. The lowest BCUT2D eigenvalue weighted by Crippen LogP contribution is -2.35. The van der Waals surface area contributed by atoms with Gasteiger partial charge in [-0.05, 0) is 25.7 Å². The van der Waals surface area contributed by atoms with Crippen molar-refractivity contribution in [3.63, 3.8) is 0 Å². The highest BCUT2D eigenvalue weighted by atomic mass is 19.3. The van der Waals surface area contributed by atoms with Crippen molar-refractivity contribution in [2.45, 2.75) is 44.5 Å². The normalized spacial score (nSPS) is 16.1. The molecule has 0 fully saturated rings. The molecule has 1 aromatic rings. The number of halogens is 4. The summed E-state index contributed by atoms with van der Waals surface area (Å²) in [4.78, 5) is 8.03. The van der Waals surface area contributed by atoms with Crippen LogP contribution in [0.15, 0.2) is 6.33 Å². The van der Waals surface area contributed by atoms with E-state index in [2.05, 4.69) is 15.3 Å². The second kappa shape index (κ2) is 5.71. The van der Waals surface area contributed by atoms with E-state index >= 15 is 0 Å². The average molecular weight is 277 g/mol. The van der Waals surface area contributed by atoms with Gasteiger partial charge in [0.25, 0.3) is 0 Å². The minimum atomic E-state index is -4.05. The molecule has 0 radical (unpaired) electrons. The third-order valence-corrected chi connectivity index (χ3v) is 3.19. The molecule has 0 saturated carbocycles. The summed E-state index contributed by atoms with van der Waals surface area (Å²) < 4.78 is 50.0. The van der Waals surface area contributed by atoms with Crippen molar-refractivity contribution in [2.75, 3.05) is 11.9 Å². The molecule has 0 aliphatic heterocycles. The number of hydrogen-bond acceptors (Lipinski definition) is 3. The summed E-state index contributed by atoms with van der Waals surface area (Å²) in [5.74, 6) is -3.80. The molecule has 0 saturated heterocycles. The first kappa shape index (κ1) is 14.0. The van der Waals surface area contributed by atoms with Crippen molar-refractivity contribution in [3.8, 4) is 0 Å². The molecule has 19 heavy (non-hydrogen) atoms. The van der Waals surface area contributed by atoms with Crippen LogP contribution in [0.5, 0.6) is 0 Å². The van der Waals surface area contributed by atoms with Gasteiger partial charge in [-0.25, -0.2) is 18.7 Å². The number of aromatic nitrogens is 2. The van der Waals surface area contributed by atoms with E-state index in [1.54, 1.807) is 0 Å². The number of fused-ring (bicyclic) bond motifs is 1. The van der Waals surface area contributed by atoms with E-state index in [1.807, 2.05) is 0 Å². The van der Waals surface area contributed by atoms with E-state index in [0.29, 0.717) is 6.42 Å². The number of nitrogens with zero attached hydrogens (tertiary/aromatic N) is 2. The van der Waals surface area contributed by atoms with Gasteiger partial charge in [-0.1, -0.05) is 6.42 Å². The number of nitrogens with one attached hydrogen (secondary N) is 1. The summed E-state index contributed by atoms with van der Waals surface area (Å²) in [5, 5.41) is 2.34. The van der Waals surface area contributed by atoms with Gasteiger partial charge in [0, 0.05) is 11.3 Å². The molecule has 1 heterocycles. The Kier molecular flexibility index (Phi) is 4.21. The third kappa shape index (κ3) is 3.33. The largest absolute Gasteiger partial charge is 0.363 e. The van der Waals surface area contributed by atoms with Gasteiger partial charge in [0.2, 0.25) is 0 Å². The maximum atomic E-state index is 12.9. The Morgan fingerprint density at radius 2 is 1.89 bits per heavy atom. The van der Waals surface area contributed by atoms with Crippen molar-refractivity contribution in [1.82, 2.24) is 9.97 Å². The van der Waals surface area contributed by atoms with E-state index in [0.717, 1.165) is 36.9 Å². The summed E-state index contributed by atoms with van der Waals surface area (Å²) in [7, 11) is 0. The summed E-state index contributed by atoms with van der Waals surface area (Å²) in [6.07, 6.45) is 2.05. The molecular weight excluding hydrogens is 262 g/mol. The van der Waals surface area contributed by atoms with Crippen molar-refractivity contribution >= 4 is 5.82 Å². The molecule has 1 N–H and O–H groups in total. The molecule has 0 bridgehead atoms. The number of aryl methyl sites for hydroxylation is 1. The second-order valence-corrected chi connectivity index (χ2v) is 4.62. The molecule has 1 aliphatic carbocycles. The predicted octanol–water partition coefficient (Wildman–Crippen LogP) is 3.06. The van der Waals surface area contributed by atoms with Crippen LogP contribution >= 0.6 is 0 Å². The monoisotopic (exact) mass is 277 g/mol. The molecule has 0 amide bonds. The van der Waals surface area contributed by atoms with Crippen molar-refractivity contribution in [1.29, 1.82) is 0 Å². The summed E-state index contributed by atoms with van der Waals surface area (Å²) >= 11 is 0. The molecular formula is C12H15F4N3. The minimum absolute atomic E-state index is 0.257. The quantitative estimate of drug-likeness (QED) is 0.679. The molecule has 106 valence electrons. The third-order valence-electron chi connectivity index (χ3n) is 3.19. The first-order valence-electron chi connectivity index (χ1n) is 6.23.